The second-order valence-electron chi connectivity index (χ2n) is 10.8. The third-order valence-electron chi connectivity index (χ3n) is 8.40. The highest BCUT2D eigenvalue weighted by atomic mass is 14.9. The van der Waals surface area contributed by atoms with E-state index in [1.165, 1.54) is 16.7 Å². The first kappa shape index (κ1) is 24.1. The van der Waals surface area contributed by atoms with Crippen molar-refractivity contribution in [3.8, 4) is 0 Å². The zero-order valence-corrected chi connectivity index (χ0v) is 22.0. The summed E-state index contributed by atoms with van der Waals surface area (Å²) in [5, 5.41) is 8.11. The molecule has 0 bridgehead atoms. The lowest BCUT2D eigenvalue weighted by molar-refractivity contribution is 0.330. The largest absolute Gasteiger partial charge is 0.402 e. The molecule has 0 aromatic heterocycles. The van der Waals surface area contributed by atoms with Crippen LogP contribution in [0, 0.1) is 12.8 Å². The molecule has 2 aliphatic rings. The molecule has 0 aliphatic heterocycles. The van der Waals surface area contributed by atoms with Crippen molar-refractivity contribution in [2.45, 2.75) is 38.1 Å². The molecule has 4 heteroatoms. The van der Waals surface area contributed by atoms with Crippen molar-refractivity contribution in [2.24, 2.45) is 16.6 Å². The van der Waals surface area contributed by atoms with Crippen molar-refractivity contribution in [1.29, 1.82) is 0 Å². The molecule has 0 heterocycles. The maximum absolute atomic E-state index is 6.89. The van der Waals surface area contributed by atoms with E-state index in [4.69, 9.17) is 16.5 Å². The van der Waals surface area contributed by atoms with Crippen molar-refractivity contribution < 1.29 is 0 Å². The normalized spacial score (nSPS) is 22.6. The van der Waals surface area contributed by atoms with Gasteiger partial charge >= 0.3 is 0 Å². The molecule has 6 rings (SSSR count). The standard InChI is InChI=1S/C34H34N4/c1-4-5-8-17-37-34(3)30-18-22(35)13-16-24(30)27-19-28-29(20-31(27)34)33(38-23-14-11-21(2)12-15-23)26-10-7-6-9-25(26)32(28)36/h4-12,14-15,17-20,24,30,38H,1,13,16,35-36H2,2-3H3/b8-5-,37-17?. The van der Waals surface area contributed by atoms with Gasteiger partial charge in [-0.2, -0.15) is 0 Å². The summed E-state index contributed by atoms with van der Waals surface area (Å²) in [5.41, 5.74) is 20.5. The number of nitrogens with two attached hydrogens (primary N) is 2. The van der Waals surface area contributed by atoms with E-state index in [-0.39, 0.29) is 5.92 Å². The van der Waals surface area contributed by atoms with Crippen molar-refractivity contribution >= 4 is 44.8 Å². The van der Waals surface area contributed by atoms with Gasteiger partial charge in [0.1, 0.15) is 0 Å². The number of anilines is 3. The molecule has 2 aliphatic carbocycles. The van der Waals surface area contributed by atoms with E-state index in [1.807, 2.05) is 18.4 Å². The van der Waals surface area contributed by atoms with Crippen molar-refractivity contribution in [3.63, 3.8) is 0 Å². The van der Waals surface area contributed by atoms with Crippen LogP contribution in [0.4, 0.5) is 17.1 Å². The number of rotatable bonds is 5. The summed E-state index contributed by atoms with van der Waals surface area (Å²) < 4.78 is 0. The SMILES string of the molecule is C=C/C=C\C=NC1(C)c2cc3c(Nc4ccc(C)cc4)c4ccccc4c(N)c3cc2C2CCC(N)=CC21. The molecule has 4 aromatic carbocycles. The zero-order valence-electron chi connectivity index (χ0n) is 22.0. The van der Waals surface area contributed by atoms with Crippen LogP contribution >= 0.6 is 0 Å². The molecule has 190 valence electrons. The summed E-state index contributed by atoms with van der Waals surface area (Å²) in [7, 11) is 0. The lowest BCUT2D eigenvalue weighted by Gasteiger charge is -2.32. The summed E-state index contributed by atoms with van der Waals surface area (Å²) in [4.78, 5) is 5.16. The minimum atomic E-state index is -0.438. The van der Waals surface area contributed by atoms with Crippen LogP contribution in [0.2, 0.25) is 0 Å². The van der Waals surface area contributed by atoms with Crippen LogP contribution < -0.4 is 16.8 Å². The summed E-state index contributed by atoms with van der Waals surface area (Å²) in [6.45, 7) is 8.13. The lowest BCUT2D eigenvalue weighted by atomic mass is 9.76. The highest BCUT2D eigenvalue weighted by Gasteiger charge is 2.49. The molecule has 0 saturated carbocycles. The van der Waals surface area contributed by atoms with Crippen molar-refractivity contribution in [1.82, 2.24) is 0 Å². The Hall–Kier alpha value is -4.31. The van der Waals surface area contributed by atoms with E-state index in [9.17, 15) is 0 Å². The van der Waals surface area contributed by atoms with Crippen LogP contribution in [0.25, 0.3) is 21.5 Å². The number of benzene rings is 4. The second kappa shape index (κ2) is 9.21. The third-order valence-corrected chi connectivity index (χ3v) is 8.40. The van der Waals surface area contributed by atoms with Crippen LogP contribution in [-0.4, -0.2) is 6.21 Å². The van der Waals surface area contributed by atoms with Crippen LogP contribution in [0.3, 0.4) is 0 Å². The maximum Gasteiger partial charge on any atom is 0.0900 e. The fraction of sp³-hybridized carbons (Fsp3) is 0.206. The molecule has 3 unspecified atom stereocenters. The van der Waals surface area contributed by atoms with Gasteiger partial charge in [0.25, 0.3) is 0 Å². The Labute approximate surface area is 224 Å². The average Bonchev–Trinajstić information content (AvgIpc) is 3.16. The zero-order chi connectivity index (χ0) is 26.4. The Balaban J connectivity index is 1.64. The predicted octanol–water partition coefficient (Wildman–Crippen LogP) is 8.01. The highest BCUT2D eigenvalue weighted by molar-refractivity contribution is 6.20. The summed E-state index contributed by atoms with van der Waals surface area (Å²) >= 11 is 0. The third kappa shape index (κ3) is 3.79. The van der Waals surface area contributed by atoms with E-state index in [1.54, 1.807) is 6.08 Å². The van der Waals surface area contributed by atoms with E-state index < -0.39 is 5.54 Å². The smallest absolute Gasteiger partial charge is 0.0900 e. The quantitative estimate of drug-likeness (QED) is 0.0857. The maximum atomic E-state index is 6.89. The Kier molecular flexibility index (Phi) is 5.83. The molecule has 0 spiro atoms. The summed E-state index contributed by atoms with van der Waals surface area (Å²) in [5.74, 6) is 0.548. The average molecular weight is 499 g/mol. The number of fused-ring (bicyclic) bond motifs is 5. The summed E-state index contributed by atoms with van der Waals surface area (Å²) in [6.07, 6.45) is 11.7. The van der Waals surface area contributed by atoms with Gasteiger partial charge in [0.05, 0.1) is 11.2 Å². The fourth-order valence-electron chi connectivity index (χ4n) is 6.43. The van der Waals surface area contributed by atoms with Gasteiger partial charge in [0.15, 0.2) is 0 Å². The Morgan fingerprint density at radius 3 is 2.50 bits per heavy atom. The van der Waals surface area contributed by atoms with Gasteiger partial charge < -0.3 is 16.8 Å². The molecule has 0 radical (unpaired) electrons. The molecule has 38 heavy (non-hydrogen) atoms. The Morgan fingerprint density at radius 2 is 1.74 bits per heavy atom. The number of aliphatic imine (C=N–C) groups is 1. The number of hydrogen-bond acceptors (Lipinski definition) is 4. The van der Waals surface area contributed by atoms with Gasteiger partial charge in [-0.15, -0.1) is 0 Å². The van der Waals surface area contributed by atoms with Gasteiger partial charge in [-0.1, -0.05) is 66.8 Å². The van der Waals surface area contributed by atoms with E-state index in [0.29, 0.717) is 5.92 Å². The molecule has 0 fully saturated rings. The number of aryl methyl sites for hydroxylation is 1. The topological polar surface area (TPSA) is 76.4 Å². The monoisotopic (exact) mass is 498 g/mol. The second-order valence-corrected chi connectivity index (χ2v) is 10.8. The number of hydrogen-bond donors (Lipinski definition) is 3. The van der Waals surface area contributed by atoms with Gasteiger partial charge in [-0.25, -0.2) is 0 Å². The molecule has 4 aromatic rings. The Morgan fingerprint density at radius 1 is 0.974 bits per heavy atom. The van der Waals surface area contributed by atoms with E-state index in [0.717, 1.165) is 57.1 Å². The van der Waals surface area contributed by atoms with E-state index in [2.05, 4.69) is 92.5 Å². The minimum absolute atomic E-state index is 0.195. The van der Waals surface area contributed by atoms with Gasteiger partial charge in [-0.3, -0.25) is 4.99 Å². The molecule has 3 atom stereocenters. The number of nitrogens with one attached hydrogen (secondary N) is 1. The molecular weight excluding hydrogens is 464 g/mol. The molecular formula is C34H34N4. The first-order valence-corrected chi connectivity index (χ1v) is 13.3. The van der Waals surface area contributed by atoms with Crippen molar-refractivity contribution in [2.75, 3.05) is 11.1 Å². The molecule has 0 saturated heterocycles. The Bertz CT molecular complexity index is 1660. The van der Waals surface area contributed by atoms with Crippen LogP contribution in [0.1, 0.15) is 42.4 Å². The first-order chi connectivity index (χ1) is 18.4. The first-order valence-electron chi connectivity index (χ1n) is 13.3. The summed E-state index contributed by atoms with van der Waals surface area (Å²) in [6, 6.07) is 21.6. The molecule has 5 N–H and O–H groups in total. The molecule has 0 amide bonds. The van der Waals surface area contributed by atoms with E-state index >= 15 is 0 Å². The highest BCUT2D eigenvalue weighted by Crippen LogP contribution is 2.57. The van der Waals surface area contributed by atoms with Crippen molar-refractivity contribution in [3.05, 3.63) is 114 Å². The molecule has 4 nitrogen and oxygen atoms in total. The fourth-order valence-corrected chi connectivity index (χ4v) is 6.43. The number of allylic oxidation sites excluding steroid dienone is 4. The minimum Gasteiger partial charge on any atom is -0.402 e. The van der Waals surface area contributed by atoms with Gasteiger partial charge in [0.2, 0.25) is 0 Å². The van der Waals surface area contributed by atoms with Crippen LogP contribution in [0.5, 0.6) is 0 Å². The van der Waals surface area contributed by atoms with Crippen LogP contribution in [0.15, 0.2) is 102 Å². The van der Waals surface area contributed by atoms with Crippen LogP contribution in [-0.2, 0) is 5.54 Å². The number of nitrogens with zero attached hydrogens (tertiary/aromatic N) is 1. The van der Waals surface area contributed by atoms with Gasteiger partial charge in [-0.05, 0) is 74.1 Å². The van der Waals surface area contributed by atoms with Gasteiger partial charge in [0, 0.05) is 50.7 Å². The number of nitrogen functional groups attached to an aromatic ring is 1. The lowest BCUT2D eigenvalue weighted by Crippen LogP contribution is -2.29. The predicted molar refractivity (Wildman–Crippen MR) is 163 cm³/mol.